The Bertz CT molecular complexity index is 405. The first-order chi connectivity index (χ1) is 6.92. The molecule has 0 unspecified atom stereocenters. The van der Waals surface area contributed by atoms with Gasteiger partial charge in [-0.3, -0.25) is 0 Å². The maximum Gasteiger partial charge on any atom is 0.0431 e. The zero-order valence-corrected chi connectivity index (χ0v) is 8.16. The van der Waals surface area contributed by atoms with Crippen molar-refractivity contribution in [1.82, 2.24) is 4.98 Å². The van der Waals surface area contributed by atoms with Crippen molar-refractivity contribution < 1.29 is 5.11 Å². The van der Waals surface area contributed by atoms with Crippen LogP contribution < -0.4 is 0 Å². The van der Waals surface area contributed by atoms with Gasteiger partial charge in [0.2, 0.25) is 0 Å². The molecule has 0 aliphatic heterocycles. The third kappa shape index (κ3) is 1.80. The van der Waals surface area contributed by atoms with Gasteiger partial charge in [-0.1, -0.05) is 18.2 Å². The molecule has 0 amide bonds. The van der Waals surface area contributed by atoms with E-state index in [1.807, 2.05) is 12.4 Å². The minimum Gasteiger partial charge on any atom is -0.396 e. The van der Waals surface area contributed by atoms with Gasteiger partial charge in [0.15, 0.2) is 0 Å². The molecule has 2 heteroatoms. The minimum absolute atomic E-state index is 0.295. The summed E-state index contributed by atoms with van der Waals surface area (Å²) in [7, 11) is 0. The van der Waals surface area contributed by atoms with Crippen LogP contribution >= 0.6 is 0 Å². The Labute approximate surface area is 83.6 Å². The quantitative estimate of drug-likeness (QED) is 0.712. The molecule has 1 aromatic heterocycles. The second-order valence-electron chi connectivity index (χ2n) is 3.56. The number of aryl methyl sites for hydroxylation is 1. The van der Waals surface area contributed by atoms with E-state index in [4.69, 9.17) is 5.11 Å². The zero-order chi connectivity index (χ0) is 9.80. The highest BCUT2D eigenvalue weighted by Gasteiger charge is 2.00. The molecule has 0 saturated carbocycles. The number of fused-ring (bicyclic) bond motifs is 1. The number of H-pyrrole nitrogens is 1. The molecule has 0 radical (unpaired) electrons. The smallest absolute Gasteiger partial charge is 0.0431 e. The van der Waals surface area contributed by atoms with Gasteiger partial charge in [-0.25, -0.2) is 0 Å². The minimum atomic E-state index is 0.295. The summed E-state index contributed by atoms with van der Waals surface area (Å²) in [5.41, 5.74) is 1.37. The molecule has 2 nitrogen and oxygen atoms in total. The SMILES string of the molecule is OCCCCc1cccc2c[nH]cc12. The van der Waals surface area contributed by atoms with Crippen molar-refractivity contribution in [2.45, 2.75) is 19.3 Å². The second kappa shape index (κ2) is 4.29. The first-order valence-corrected chi connectivity index (χ1v) is 5.07. The van der Waals surface area contributed by atoms with Gasteiger partial charge in [0.05, 0.1) is 0 Å². The van der Waals surface area contributed by atoms with Crippen molar-refractivity contribution in [2.75, 3.05) is 6.61 Å². The number of unbranched alkanes of at least 4 members (excludes halogenated alkanes) is 1. The summed E-state index contributed by atoms with van der Waals surface area (Å²) in [5, 5.41) is 11.3. The average molecular weight is 189 g/mol. The lowest BCUT2D eigenvalue weighted by Gasteiger charge is -2.01. The van der Waals surface area contributed by atoms with Gasteiger partial charge in [0, 0.05) is 24.4 Å². The van der Waals surface area contributed by atoms with Crippen LogP contribution in [0, 0.1) is 0 Å². The van der Waals surface area contributed by atoms with E-state index in [9.17, 15) is 0 Å². The standard InChI is InChI=1S/C12H15NO/c14-7-2-1-4-10-5-3-6-11-8-13-9-12(10)11/h3,5-6,8-9,13-14H,1-2,4,7H2. The number of hydrogen-bond acceptors (Lipinski definition) is 1. The van der Waals surface area contributed by atoms with E-state index in [1.54, 1.807) is 0 Å². The van der Waals surface area contributed by atoms with Gasteiger partial charge < -0.3 is 10.1 Å². The lowest BCUT2D eigenvalue weighted by Crippen LogP contribution is -1.88. The Kier molecular flexibility index (Phi) is 2.84. The van der Waals surface area contributed by atoms with E-state index in [2.05, 4.69) is 23.2 Å². The number of aliphatic hydroxyl groups excluding tert-OH is 1. The molecule has 0 aliphatic carbocycles. The molecule has 0 saturated heterocycles. The largest absolute Gasteiger partial charge is 0.396 e. The summed E-state index contributed by atoms with van der Waals surface area (Å²) in [4.78, 5) is 3.12. The van der Waals surface area contributed by atoms with Gasteiger partial charge in [-0.2, -0.15) is 0 Å². The van der Waals surface area contributed by atoms with Crippen molar-refractivity contribution in [3.05, 3.63) is 36.2 Å². The molecule has 1 heterocycles. The van der Waals surface area contributed by atoms with Crippen LogP contribution in [0.1, 0.15) is 18.4 Å². The summed E-state index contributed by atoms with van der Waals surface area (Å²) in [6, 6.07) is 6.36. The van der Waals surface area contributed by atoms with Crippen LogP contribution in [0.25, 0.3) is 10.8 Å². The number of aromatic nitrogens is 1. The molecular weight excluding hydrogens is 174 g/mol. The van der Waals surface area contributed by atoms with Crippen molar-refractivity contribution in [1.29, 1.82) is 0 Å². The Balaban J connectivity index is 2.19. The van der Waals surface area contributed by atoms with Gasteiger partial charge in [-0.15, -0.1) is 0 Å². The normalized spacial score (nSPS) is 10.9. The maximum absolute atomic E-state index is 8.71. The molecule has 74 valence electrons. The molecule has 14 heavy (non-hydrogen) atoms. The van der Waals surface area contributed by atoms with Gasteiger partial charge >= 0.3 is 0 Å². The van der Waals surface area contributed by atoms with E-state index in [0.29, 0.717) is 6.61 Å². The number of nitrogens with one attached hydrogen (secondary N) is 1. The highest BCUT2D eigenvalue weighted by molar-refractivity contribution is 5.85. The van der Waals surface area contributed by atoms with Crippen LogP contribution in [0.4, 0.5) is 0 Å². The number of benzene rings is 1. The van der Waals surface area contributed by atoms with Gasteiger partial charge in [0.1, 0.15) is 0 Å². The molecule has 2 rings (SSSR count). The van der Waals surface area contributed by atoms with E-state index in [0.717, 1.165) is 19.3 Å². The van der Waals surface area contributed by atoms with Crippen molar-refractivity contribution in [2.24, 2.45) is 0 Å². The van der Waals surface area contributed by atoms with Crippen LogP contribution in [0.15, 0.2) is 30.6 Å². The van der Waals surface area contributed by atoms with Crippen LogP contribution in [-0.4, -0.2) is 16.7 Å². The summed E-state index contributed by atoms with van der Waals surface area (Å²) in [6.07, 6.45) is 7.06. The molecule has 2 aromatic rings. The van der Waals surface area contributed by atoms with Crippen LogP contribution in [0.3, 0.4) is 0 Å². The molecule has 0 spiro atoms. The molecule has 0 atom stereocenters. The summed E-state index contributed by atoms with van der Waals surface area (Å²) >= 11 is 0. The number of aliphatic hydroxyl groups is 1. The maximum atomic E-state index is 8.71. The predicted molar refractivity (Wildman–Crippen MR) is 58.3 cm³/mol. The molecule has 2 N–H and O–H groups in total. The van der Waals surface area contributed by atoms with Crippen LogP contribution in [-0.2, 0) is 6.42 Å². The number of rotatable bonds is 4. The Morgan fingerprint density at radius 1 is 1.14 bits per heavy atom. The van der Waals surface area contributed by atoms with E-state index in [-0.39, 0.29) is 0 Å². The first-order valence-electron chi connectivity index (χ1n) is 5.07. The lowest BCUT2D eigenvalue weighted by molar-refractivity contribution is 0.284. The summed E-state index contributed by atoms with van der Waals surface area (Å²) < 4.78 is 0. The third-order valence-corrected chi connectivity index (χ3v) is 2.55. The molecule has 0 fully saturated rings. The molecule has 1 aromatic carbocycles. The fraction of sp³-hybridized carbons (Fsp3) is 0.333. The predicted octanol–water partition coefficient (Wildman–Crippen LogP) is 2.48. The topological polar surface area (TPSA) is 36.0 Å². The monoisotopic (exact) mass is 189 g/mol. The van der Waals surface area contributed by atoms with Crippen LogP contribution in [0.2, 0.25) is 0 Å². The fourth-order valence-corrected chi connectivity index (χ4v) is 1.79. The van der Waals surface area contributed by atoms with Crippen molar-refractivity contribution >= 4 is 10.8 Å². The summed E-state index contributed by atoms with van der Waals surface area (Å²) in [5.74, 6) is 0. The van der Waals surface area contributed by atoms with Gasteiger partial charge in [0.25, 0.3) is 0 Å². The zero-order valence-electron chi connectivity index (χ0n) is 8.16. The van der Waals surface area contributed by atoms with E-state index >= 15 is 0 Å². The van der Waals surface area contributed by atoms with E-state index < -0.39 is 0 Å². The Hall–Kier alpha value is -1.28. The average Bonchev–Trinajstić information content (AvgIpc) is 2.67. The fourth-order valence-electron chi connectivity index (χ4n) is 1.79. The van der Waals surface area contributed by atoms with Crippen molar-refractivity contribution in [3.63, 3.8) is 0 Å². The molecule has 0 bridgehead atoms. The lowest BCUT2D eigenvalue weighted by atomic mass is 10.0. The highest BCUT2D eigenvalue weighted by atomic mass is 16.2. The molecular formula is C12H15NO. The van der Waals surface area contributed by atoms with Gasteiger partial charge in [-0.05, 0) is 30.2 Å². The number of aromatic amines is 1. The van der Waals surface area contributed by atoms with E-state index in [1.165, 1.54) is 16.3 Å². The molecule has 0 aliphatic rings. The third-order valence-electron chi connectivity index (χ3n) is 2.55. The number of hydrogen-bond donors (Lipinski definition) is 2. The van der Waals surface area contributed by atoms with Crippen LogP contribution in [0.5, 0.6) is 0 Å². The Morgan fingerprint density at radius 2 is 2.07 bits per heavy atom. The van der Waals surface area contributed by atoms with Crippen molar-refractivity contribution in [3.8, 4) is 0 Å². The second-order valence-corrected chi connectivity index (χ2v) is 3.56. The highest BCUT2D eigenvalue weighted by Crippen LogP contribution is 2.19. The first kappa shape index (κ1) is 9.28. The summed E-state index contributed by atoms with van der Waals surface area (Å²) in [6.45, 7) is 0.295. The Morgan fingerprint density at radius 3 is 2.93 bits per heavy atom.